The van der Waals surface area contributed by atoms with Gasteiger partial charge in [0.25, 0.3) is 0 Å². The second kappa shape index (κ2) is 3.84. The maximum absolute atomic E-state index is 2.32. The molecule has 1 aromatic carbocycles. The number of hydrogen-bond donors (Lipinski definition) is 0. The average molecular weight is 239 g/mol. The number of benzene rings is 1. The third-order valence-corrected chi connectivity index (χ3v) is 4.27. The van der Waals surface area contributed by atoms with Gasteiger partial charge in [-0.1, -0.05) is 0 Å². The fourth-order valence-corrected chi connectivity index (χ4v) is 3.39. The SMILES string of the molecule is C1=CC[C]([Co][CH]2C=Cc3ccccc32)=C1. The second-order valence-electron chi connectivity index (χ2n) is 3.68. The van der Waals surface area contributed by atoms with Crippen molar-refractivity contribution < 1.29 is 14.7 Å². The molecular weight excluding hydrogens is 227 g/mol. The van der Waals surface area contributed by atoms with E-state index in [1.165, 1.54) is 30.3 Å². The van der Waals surface area contributed by atoms with Gasteiger partial charge in [0.1, 0.15) is 0 Å². The molecule has 0 nitrogen and oxygen atoms in total. The first-order valence-electron chi connectivity index (χ1n) is 5.15. The molecule has 0 radical (unpaired) electrons. The molecule has 0 spiro atoms. The van der Waals surface area contributed by atoms with Gasteiger partial charge in [-0.15, -0.1) is 0 Å². The summed E-state index contributed by atoms with van der Waals surface area (Å²) >= 11 is 1.48. The van der Waals surface area contributed by atoms with Gasteiger partial charge in [0.2, 0.25) is 0 Å². The van der Waals surface area contributed by atoms with Crippen LogP contribution in [0.2, 0.25) is 0 Å². The van der Waals surface area contributed by atoms with Crippen molar-refractivity contribution in [1.29, 1.82) is 0 Å². The fourth-order valence-electron chi connectivity index (χ4n) is 1.89. The first kappa shape index (κ1) is 9.19. The molecule has 1 atom stereocenters. The zero-order valence-electron chi connectivity index (χ0n) is 8.31. The third kappa shape index (κ3) is 1.73. The zero-order valence-corrected chi connectivity index (χ0v) is 9.35. The minimum absolute atomic E-state index is 0.573. The molecule has 15 heavy (non-hydrogen) atoms. The molecule has 0 aromatic heterocycles. The molecule has 0 saturated carbocycles. The summed E-state index contributed by atoms with van der Waals surface area (Å²) < 4.78 is 1.53. The van der Waals surface area contributed by atoms with Crippen LogP contribution < -0.4 is 0 Å². The van der Waals surface area contributed by atoms with Crippen LogP contribution in [-0.2, 0) is 14.7 Å². The van der Waals surface area contributed by atoms with E-state index in [0.29, 0.717) is 4.85 Å². The molecule has 0 amide bonds. The summed E-state index contributed by atoms with van der Waals surface area (Å²) in [6.45, 7) is 0. The summed E-state index contributed by atoms with van der Waals surface area (Å²) in [5.41, 5.74) is 2.87. The van der Waals surface area contributed by atoms with Gasteiger partial charge in [-0.3, -0.25) is 0 Å². The molecule has 0 N–H and O–H groups in total. The van der Waals surface area contributed by atoms with Crippen molar-refractivity contribution in [3.05, 3.63) is 64.2 Å². The summed E-state index contributed by atoms with van der Waals surface area (Å²) in [5.74, 6) is 0. The van der Waals surface area contributed by atoms with Crippen LogP contribution in [0.3, 0.4) is 0 Å². The van der Waals surface area contributed by atoms with Crippen molar-refractivity contribution in [2.75, 3.05) is 0 Å². The Kier molecular flexibility index (Phi) is 2.35. The fraction of sp³-hybridized carbons (Fsp3) is 0.143. The predicted molar refractivity (Wildman–Crippen MR) is 60.1 cm³/mol. The number of rotatable bonds is 2. The Labute approximate surface area is 96.4 Å². The van der Waals surface area contributed by atoms with Crippen molar-refractivity contribution >= 4 is 6.08 Å². The van der Waals surface area contributed by atoms with E-state index in [4.69, 9.17) is 0 Å². The standard InChI is InChI=1S/C9H7.C5H5.Co/c1-2-5-9-7-3-6-8(9)4-1;1-2-4-5-3-1;/h1-7H;1-3H,4H2;. The molecule has 0 saturated heterocycles. The second-order valence-corrected chi connectivity index (χ2v) is 5.29. The normalized spacial score (nSPS) is 22.1. The van der Waals surface area contributed by atoms with Gasteiger partial charge < -0.3 is 0 Å². The molecule has 1 aromatic rings. The minimum atomic E-state index is 0.573. The Bertz CT molecular complexity index is 466. The Morgan fingerprint density at radius 3 is 3.00 bits per heavy atom. The summed E-state index contributed by atoms with van der Waals surface area (Å²) in [6, 6.07) is 8.69. The van der Waals surface area contributed by atoms with Gasteiger partial charge in [0.15, 0.2) is 0 Å². The van der Waals surface area contributed by atoms with E-state index < -0.39 is 0 Å². The van der Waals surface area contributed by atoms with Gasteiger partial charge in [0.05, 0.1) is 0 Å². The monoisotopic (exact) mass is 239 g/mol. The first-order chi connectivity index (χ1) is 7.43. The van der Waals surface area contributed by atoms with Crippen molar-refractivity contribution in [3.63, 3.8) is 0 Å². The van der Waals surface area contributed by atoms with Crippen LogP contribution in [0, 0.1) is 0 Å². The topological polar surface area (TPSA) is 0 Å². The molecule has 0 aliphatic heterocycles. The summed E-state index contributed by atoms with van der Waals surface area (Å²) in [5, 5.41) is 0. The summed E-state index contributed by atoms with van der Waals surface area (Å²) in [7, 11) is 0. The quantitative estimate of drug-likeness (QED) is 0.738. The van der Waals surface area contributed by atoms with Gasteiger partial charge in [0, 0.05) is 0 Å². The molecule has 2 aliphatic rings. The van der Waals surface area contributed by atoms with Crippen LogP contribution >= 0.6 is 0 Å². The van der Waals surface area contributed by atoms with Crippen molar-refractivity contribution in [2.24, 2.45) is 0 Å². The number of hydrogen-bond acceptors (Lipinski definition) is 0. The molecule has 3 rings (SSSR count). The Morgan fingerprint density at radius 2 is 2.13 bits per heavy atom. The number of fused-ring (bicyclic) bond motifs is 1. The van der Waals surface area contributed by atoms with E-state index in [0.717, 1.165) is 6.42 Å². The van der Waals surface area contributed by atoms with E-state index in [9.17, 15) is 0 Å². The van der Waals surface area contributed by atoms with Gasteiger partial charge >= 0.3 is 96.2 Å². The van der Waals surface area contributed by atoms with Crippen LogP contribution in [0.4, 0.5) is 0 Å². The van der Waals surface area contributed by atoms with E-state index >= 15 is 0 Å². The molecule has 2 aliphatic carbocycles. The van der Waals surface area contributed by atoms with Crippen LogP contribution in [-0.4, -0.2) is 0 Å². The molecule has 1 heteroatoms. The van der Waals surface area contributed by atoms with Crippen LogP contribution in [0.5, 0.6) is 0 Å². The van der Waals surface area contributed by atoms with E-state index in [1.54, 1.807) is 0 Å². The molecule has 0 bridgehead atoms. The summed E-state index contributed by atoms with van der Waals surface area (Å²) in [6.07, 6.45) is 12.3. The van der Waals surface area contributed by atoms with Gasteiger partial charge in [-0.05, 0) is 0 Å². The molecule has 77 valence electrons. The van der Waals surface area contributed by atoms with E-state index in [1.807, 2.05) is 0 Å². The average Bonchev–Trinajstić information content (AvgIpc) is 2.89. The van der Waals surface area contributed by atoms with Crippen molar-refractivity contribution in [2.45, 2.75) is 11.3 Å². The van der Waals surface area contributed by atoms with Gasteiger partial charge in [-0.25, -0.2) is 0 Å². The van der Waals surface area contributed by atoms with E-state index in [2.05, 4.69) is 54.6 Å². The zero-order chi connectivity index (χ0) is 10.1. The van der Waals surface area contributed by atoms with Crippen LogP contribution in [0.15, 0.2) is 53.1 Å². The van der Waals surface area contributed by atoms with Crippen molar-refractivity contribution in [1.82, 2.24) is 0 Å². The number of allylic oxidation sites excluding steroid dienone is 5. The Morgan fingerprint density at radius 1 is 1.20 bits per heavy atom. The van der Waals surface area contributed by atoms with Crippen LogP contribution in [0.1, 0.15) is 22.4 Å². The van der Waals surface area contributed by atoms with E-state index in [-0.39, 0.29) is 0 Å². The van der Waals surface area contributed by atoms with Crippen LogP contribution in [0.25, 0.3) is 6.08 Å². The Balaban J connectivity index is 1.82. The Hall–Kier alpha value is -1.05. The molecular formula is C14H12Co. The van der Waals surface area contributed by atoms with Crippen molar-refractivity contribution in [3.8, 4) is 0 Å². The summed E-state index contributed by atoms with van der Waals surface area (Å²) in [4.78, 5) is 0.573. The maximum atomic E-state index is 2.32. The first-order valence-corrected chi connectivity index (χ1v) is 6.27. The predicted octanol–water partition coefficient (Wildman–Crippen LogP) is 3.68. The third-order valence-electron chi connectivity index (χ3n) is 2.65. The van der Waals surface area contributed by atoms with Gasteiger partial charge in [-0.2, -0.15) is 0 Å². The molecule has 0 fully saturated rings. The molecule has 1 unspecified atom stereocenters. The molecule has 0 heterocycles.